The molecule has 2 N–H and O–H groups in total. The molecule has 1 aliphatic heterocycles. The number of amides is 1. The molecule has 0 saturated carbocycles. The summed E-state index contributed by atoms with van der Waals surface area (Å²) in [6.45, 7) is 9.21. The van der Waals surface area contributed by atoms with Gasteiger partial charge in [0, 0.05) is 30.4 Å². The summed E-state index contributed by atoms with van der Waals surface area (Å²) in [6, 6.07) is 2.26. The first kappa shape index (κ1) is 15.0. The van der Waals surface area contributed by atoms with Crippen molar-refractivity contribution in [1.82, 2.24) is 20.4 Å². The molecule has 1 saturated heterocycles. The summed E-state index contributed by atoms with van der Waals surface area (Å²) in [5, 5.41) is 10.1. The Labute approximate surface area is 121 Å². The van der Waals surface area contributed by atoms with Crippen molar-refractivity contribution >= 4 is 5.91 Å². The number of nitrogens with one attached hydrogen (secondary N) is 2. The second-order valence-electron chi connectivity index (χ2n) is 6.17. The standard InChI is InChI=1S/C15H26N4O/c1-11(2)12(3)17-15(20)13-5-8-19(9-6-13)10-14-4-7-16-18-14/h4,7,11-13H,5-6,8-10H2,1-3H3,(H,16,18)(H,17,20). The number of H-pyrrole nitrogens is 1. The number of piperidine rings is 1. The molecule has 0 radical (unpaired) electrons. The lowest BCUT2D eigenvalue weighted by atomic mass is 9.94. The number of carbonyl (C=O) groups excluding carboxylic acids is 1. The minimum absolute atomic E-state index is 0.175. The molecule has 5 nitrogen and oxygen atoms in total. The van der Waals surface area contributed by atoms with Gasteiger partial charge in [0.25, 0.3) is 0 Å². The van der Waals surface area contributed by atoms with Gasteiger partial charge in [-0.1, -0.05) is 13.8 Å². The smallest absolute Gasteiger partial charge is 0.223 e. The number of aromatic amines is 1. The van der Waals surface area contributed by atoms with Gasteiger partial charge in [0.15, 0.2) is 0 Å². The van der Waals surface area contributed by atoms with Crippen LogP contribution >= 0.6 is 0 Å². The molecule has 0 aromatic carbocycles. The Morgan fingerprint density at radius 2 is 2.15 bits per heavy atom. The van der Waals surface area contributed by atoms with E-state index in [2.05, 4.69) is 41.2 Å². The largest absolute Gasteiger partial charge is 0.353 e. The summed E-state index contributed by atoms with van der Waals surface area (Å²) in [4.78, 5) is 14.6. The number of carbonyl (C=O) groups is 1. The normalized spacial score (nSPS) is 19.2. The van der Waals surface area contributed by atoms with Crippen LogP contribution in [0.2, 0.25) is 0 Å². The lowest BCUT2D eigenvalue weighted by Gasteiger charge is -2.31. The molecule has 112 valence electrons. The average Bonchev–Trinajstić information content (AvgIpc) is 2.92. The van der Waals surface area contributed by atoms with Crippen LogP contribution < -0.4 is 5.32 Å². The van der Waals surface area contributed by atoms with E-state index in [0.29, 0.717) is 5.92 Å². The highest BCUT2D eigenvalue weighted by Gasteiger charge is 2.26. The number of hydrogen-bond acceptors (Lipinski definition) is 3. The molecule has 0 bridgehead atoms. The van der Waals surface area contributed by atoms with Gasteiger partial charge in [0.05, 0.1) is 0 Å². The molecule has 1 atom stereocenters. The topological polar surface area (TPSA) is 61.0 Å². The Morgan fingerprint density at radius 3 is 2.70 bits per heavy atom. The first-order valence-electron chi connectivity index (χ1n) is 7.57. The van der Waals surface area contributed by atoms with E-state index in [1.54, 1.807) is 6.20 Å². The molecule has 1 fully saturated rings. The van der Waals surface area contributed by atoms with Crippen LogP contribution in [0.4, 0.5) is 0 Å². The number of hydrogen-bond donors (Lipinski definition) is 2. The Hall–Kier alpha value is -1.36. The molecule has 1 aromatic rings. The molecule has 1 aromatic heterocycles. The van der Waals surface area contributed by atoms with Gasteiger partial charge in [-0.3, -0.25) is 14.8 Å². The molecule has 20 heavy (non-hydrogen) atoms. The van der Waals surface area contributed by atoms with E-state index >= 15 is 0 Å². The fraction of sp³-hybridized carbons (Fsp3) is 0.733. The van der Waals surface area contributed by atoms with Crippen molar-refractivity contribution in [3.05, 3.63) is 18.0 Å². The molecule has 1 aliphatic rings. The van der Waals surface area contributed by atoms with Crippen LogP contribution in [0.1, 0.15) is 39.3 Å². The summed E-state index contributed by atoms with van der Waals surface area (Å²) < 4.78 is 0. The van der Waals surface area contributed by atoms with Gasteiger partial charge in [-0.2, -0.15) is 5.10 Å². The first-order valence-corrected chi connectivity index (χ1v) is 7.57. The number of rotatable bonds is 5. The minimum atomic E-state index is 0.175. The third-order valence-corrected chi connectivity index (χ3v) is 4.28. The molecular formula is C15H26N4O. The van der Waals surface area contributed by atoms with Gasteiger partial charge in [0.2, 0.25) is 5.91 Å². The van der Waals surface area contributed by atoms with Crippen molar-refractivity contribution in [3.63, 3.8) is 0 Å². The molecule has 1 amide bonds. The fourth-order valence-electron chi connectivity index (χ4n) is 2.48. The number of aromatic nitrogens is 2. The van der Waals surface area contributed by atoms with E-state index in [-0.39, 0.29) is 17.9 Å². The van der Waals surface area contributed by atoms with E-state index in [4.69, 9.17) is 0 Å². The Kier molecular flexibility index (Phi) is 5.17. The maximum Gasteiger partial charge on any atom is 0.223 e. The summed E-state index contributed by atoms with van der Waals surface area (Å²) in [5.74, 6) is 0.890. The molecule has 1 unspecified atom stereocenters. The minimum Gasteiger partial charge on any atom is -0.353 e. The van der Waals surface area contributed by atoms with Crippen LogP contribution in [0, 0.1) is 11.8 Å². The van der Waals surface area contributed by atoms with Crippen molar-refractivity contribution < 1.29 is 4.79 Å². The average molecular weight is 278 g/mol. The Morgan fingerprint density at radius 1 is 1.45 bits per heavy atom. The van der Waals surface area contributed by atoms with E-state index in [0.717, 1.165) is 38.2 Å². The van der Waals surface area contributed by atoms with Gasteiger partial charge in [0.1, 0.15) is 0 Å². The first-order chi connectivity index (χ1) is 9.56. The third-order valence-electron chi connectivity index (χ3n) is 4.28. The van der Waals surface area contributed by atoms with Crippen LogP contribution in [-0.4, -0.2) is 40.1 Å². The van der Waals surface area contributed by atoms with Crippen LogP contribution in [0.25, 0.3) is 0 Å². The third kappa shape index (κ3) is 4.07. The van der Waals surface area contributed by atoms with Gasteiger partial charge < -0.3 is 5.32 Å². The predicted molar refractivity (Wildman–Crippen MR) is 79.0 cm³/mol. The summed E-state index contributed by atoms with van der Waals surface area (Å²) in [5.41, 5.74) is 1.14. The van der Waals surface area contributed by atoms with Crippen molar-refractivity contribution in [3.8, 4) is 0 Å². The van der Waals surface area contributed by atoms with Crippen molar-refractivity contribution in [2.75, 3.05) is 13.1 Å². The van der Waals surface area contributed by atoms with Crippen molar-refractivity contribution in [1.29, 1.82) is 0 Å². The summed E-state index contributed by atoms with van der Waals surface area (Å²) >= 11 is 0. The second-order valence-corrected chi connectivity index (χ2v) is 6.17. The second kappa shape index (κ2) is 6.88. The molecule has 2 heterocycles. The zero-order chi connectivity index (χ0) is 14.5. The van der Waals surface area contributed by atoms with Crippen LogP contribution in [0.5, 0.6) is 0 Å². The molecule has 0 spiro atoms. The van der Waals surface area contributed by atoms with Crippen LogP contribution in [-0.2, 0) is 11.3 Å². The van der Waals surface area contributed by atoms with Gasteiger partial charge in [-0.05, 0) is 44.8 Å². The highest BCUT2D eigenvalue weighted by Crippen LogP contribution is 2.19. The molecule has 2 rings (SSSR count). The van der Waals surface area contributed by atoms with E-state index in [1.165, 1.54) is 0 Å². The van der Waals surface area contributed by atoms with Gasteiger partial charge in [-0.25, -0.2) is 0 Å². The summed E-state index contributed by atoms with van der Waals surface area (Å²) in [7, 11) is 0. The maximum atomic E-state index is 12.2. The zero-order valence-corrected chi connectivity index (χ0v) is 12.7. The van der Waals surface area contributed by atoms with Crippen LogP contribution in [0.15, 0.2) is 12.3 Å². The number of likely N-dealkylation sites (tertiary alicyclic amines) is 1. The summed E-state index contributed by atoms with van der Waals surface area (Å²) in [6.07, 6.45) is 3.68. The Bertz CT molecular complexity index is 408. The lowest BCUT2D eigenvalue weighted by molar-refractivity contribution is -0.127. The highest BCUT2D eigenvalue weighted by molar-refractivity contribution is 5.79. The molecule has 5 heteroatoms. The van der Waals surface area contributed by atoms with Gasteiger partial charge >= 0.3 is 0 Å². The maximum absolute atomic E-state index is 12.2. The highest BCUT2D eigenvalue weighted by atomic mass is 16.1. The Balaban J connectivity index is 1.75. The van der Waals surface area contributed by atoms with Crippen molar-refractivity contribution in [2.45, 2.75) is 46.2 Å². The number of nitrogens with zero attached hydrogens (tertiary/aromatic N) is 2. The monoisotopic (exact) mass is 278 g/mol. The zero-order valence-electron chi connectivity index (χ0n) is 12.7. The predicted octanol–water partition coefficient (Wildman–Crippen LogP) is 1.78. The molecular weight excluding hydrogens is 252 g/mol. The van der Waals surface area contributed by atoms with E-state index < -0.39 is 0 Å². The van der Waals surface area contributed by atoms with Gasteiger partial charge in [-0.15, -0.1) is 0 Å². The fourth-order valence-corrected chi connectivity index (χ4v) is 2.48. The van der Waals surface area contributed by atoms with Crippen LogP contribution in [0.3, 0.4) is 0 Å². The van der Waals surface area contributed by atoms with E-state index in [9.17, 15) is 4.79 Å². The van der Waals surface area contributed by atoms with Crippen molar-refractivity contribution in [2.24, 2.45) is 11.8 Å². The SMILES string of the molecule is CC(C)C(C)NC(=O)C1CCN(Cc2ccn[nH]2)CC1. The quantitative estimate of drug-likeness (QED) is 0.863. The lowest BCUT2D eigenvalue weighted by Crippen LogP contribution is -2.44. The van der Waals surface area contributed by atoms with E-state index in [1.807, 2.05) is 6.07 Å². The molecule has 0 aliphatic carbocycles.